The van der Waals surface area contributed by atoms with Crippen LogP contribution >= 0.6 is 0 Å². The molecule has 0 fully saturated rings. The monoisotopic (exact) mass is 178 g/mol. The van der Waals surface area contributed by atoms with Gasteiger partial charge in [0.2, 0.25) is 0 Å². The van der Waals surface area contributed by atoms with E-state index in [1.807, 2.05) is 0 Å². The number of hydrogen-bond acceptors (Lipinski definition) is 3. The van der Waals surface area contributed by atoms with Crippen molar-refractivity contribution in [3.8, 4) is 0 Å². The summed E-state index contributed by atoms with van der Waals surface area (Å²) in [5.41, 5.74) is 0. The number of carbonyl (C=O) groups excluding carboxylic acids is 1. The van der Waals surface area contributed by atoms with Gasteiger partial charge >= 0.3 is 0 Å². The van der Waals surface area contributed by atoms with E-state index in [2.05, 4.69) is 0 Å². The number of ketones is 1. The zero-order valence-corrected chi connectivity index (χ0v) is 7.94. The number of sulfone groups is 1. The van der Waals surface area contributed by atoms with Crippen molar-refractivity contribution in [1.29, 1.82) is 0 Å². The highest BCUT2D eigenvalue weighted by molar-refractivity contribution is 7.92. The average Bonchev–Trinajstić information content (AvgIpc) is 1.87. The summed E-state index contributed by atoms with van der Waals surface area (Å²) < 4.78 is 21.8. The van der Waals surface area contributed by atoms with E-state index in [0.717, 1.165) is 0 Å². The maximum atomic E-state index is 10.9. The van der Waals surface area contributed by atoms with E-state index >= 15 is 0 Å². The van der Waals surface area contributed by atoms with Crippen LogP contribution in [0.3, 0.4) is 0 Å². The van der Waals surface area contributed by atoms with Gasteiger partial charge < -0.3 is 0 Å². The lowest BCUT2D eigenvalue weighted by Gasteiger charge is -2.02. The summed E-state index contributed by atoms with van der Waals surface area (Å²) in [6, 6.07) is 0. The molecule has 0 radical (unpaired) electrons. The summed E-state index contributed by atoms with van der Waals surface area (Å²) in [6.07, 6.45) is 0. The maximum absolute atomic E-state index is 10.9. The molecule has 0 amide bonds. The SMILES string of the molecule is CCS(=O)(=O)CC(=O)C(C)C. The molecule has 0 heterocycles. The summed E-state index contributed by atoms with van der Waals surface area (Å²) in [5, 5.41) is 0. The molecule has 0 spiro atoms. The highest BCUT2D eigenvalue weighted by Gasteiger charge is 2.16. The zero-order chi connectivity index (χ0) is 9.07. The van der Waals surface area contributed by atoms with Crippen molar-refractivity contribution in [3.63, 3.8) is 0 Å². The molecular formula is C7H14O3S. The molecule has 0 aromatic heterocycles. The van der Waals surface area contributed by atoms with Gasteiger partial charge in [0.05, 0.1) is 0 Å². The van der Waals surface area contributed by atoms with Gasteiger partial charge in [0, 0.05) is 11.7 Å². The molecule has 4 heteroatoms. The quantitative estimate of drug-likeness (QED) is 0.635. The average molecular weight is 178 g/mol. The van der Waals surface area contributed by atoms with Gasteiger partial charge in [-0.05, 0) is 0 Å². The topological polar surface area (TPSA) is 51.2 Å². The second kappa shape index (κ2) is 3.85. The molecule has 0 aromatic carbocycles. The van der Waals surface area contributed by atoms with E-state index < -0.39 is 9.84 Å². The van der Waals surface area contributed by atoms with Crippen molar-refractivity contribution in [2.75, 3.05) is 11.5 Å². The van der Waals surface area contributed by atoms with Crippen molar-refractivity contribution in [3.05, 3.63) is 0 Å². The van der Waals surface area contributed by atoms with E-state index in [1.165, 1.54) is 0 Å². The Labute approximate surface area is 67.7 Å². The Morgan fingerprint density at radius 1 is 1.36 bits per heavy atom. The molecule has 0 unspecified atom stereocenters. The molecule has 0 aliphatic heterocycles. The minimum absolute atomic E-state index is 0.0471. The largest absolute Gasteiger partial charge is 0.298 e. The van der Waals surface area contributed by atoms with Crippen LogP contribution in [0.4, 0.5) is 0 Å². The minimum Gasteiger partial charge on any atom is -0.298 e. The molecule has 3 nitrogen and oxygen atoms in total. The van der Waals surface area contributed by atoms with Crippen LogP contribution in [0.5, 0.6) is 0 Å². The molecule has 0 rings (SSSR count). The number of Topliss-reactive ketones (excluding diaryl/α,β-unsaturated/α-hetero) is 1. The highest BCUT2D eigenvalue weighted by atomic mass is 32.2. The van der Waals surface area contributed by atoms with E-state index in [1.54, 1.807) is 20.8 Å². The van der Waals surface area contributed by atoms with Gasteiger partial charge in [-0.25, -0.2) is 8.42 Å². The van der Waals surface area contributed by atoms with Gasteiger partial charge in [0.25, 0.3) is 0 Å². The van der Waals surface area contributed by atoms with Crippen molar-refractivity contribution in [2.24, 2.45) is 5.92 Å². The Morgan fingerprint density at radius 2 is 1.82 bits per heavy atom. The van der Waals surface area contributed by atoms with Gasteiger partial charge in [-0.15, -0.1) is 0 Å². The first-order valence-electron chi connectivity index (χ1n) is 3.62. The summed E-state index contributed by atoms with van der Waals surface area (Å²) >= 11 is 0. The smallest absolute Gasteiger partial charge is 0.157 e. The van der Waals surface area contributed by atoms with Crippen LogP contribution in [-0.4, -0.2) is 25.7 Å². The lowest BCUT2D eigenvalue weighted by atomic mass is 10.1. The third-order valence-corrected chi connectivity index (χ3v) is 3.05. The first-order chi connectivity index (χ1) is 4.89. The molecule has 0 saturated carbocycles. The Balaban J connectivity index is 4.17. The fourth-order valence-electron chi connectivity index (χ4n) is 0.485. The standard InChI is InChI=1S/C7H14O3S/c1-4-11(9,10)5-7(8)6(2)3/h6H,4-5H2,1-3H3. The predicted octanol–water partition coefficient (Wildman–Crippen LogP) is 0.646. The van der Waals surface area contributed by atoms with E-state index in [4.69, 9.17) is 0 Å². The van der Waals surface area contributed by atoms with Crippen LogP contribution in [-0.2, 0) is 14.6 Å². The molecule has 0 aliphatic rings. The fraction of sp³-hybridized carbons (Fsp3) is 0.857. The number of rotatable bonds is 4. The highest BCUT2D eigenvalue weighted by Crippen LogP contribution is 1.98. The first-order valence-corrected chi connectivity index (χ1v) is 5.44. The molecule has 11 heavy (non-hydrogen) atoms. The predicted molar refractivity (Wildman–Crippen MR) is 44.2 cm³/mol. The minimum atomic E-state index is -3.11. The van der Waals surface area contributed by atoms with Crippen LogP contribution in [0.2, 0.25) is 0 Å². The first kappa shape index (κ1) is 10.6. The van der Waals surface area contributed by atoms with E-state index in [0.29, 0.717) is 0 Å². The van der Waals surface area contributed by atoms with Gasteiger partial charge in [0.15, 0.2) is 9.84 Å². The van der Waals surface area contributed by atoms with Crippen molar-refractivity contribution in [1.82, 2.24) is 0 Å². The van der Waals surface area contributed by atoms with E-state index in [9.17, 15) is 13.2 Å². The Kier molecular flexibility index (Phi) is 3.72. The third-order valence-electron chi connectivity index (χ3n) is 1.45. The van der Waals surface area contributed by atoms with Crippen LogP contribution < -0.4 is 0 Å². The summed E-state index contributed by atoms with van der Waals surface area (Å²) in [5.74, 6) is -0.643. The van der Waals surface area contributed by atoms with Crippen molar-refractivity contribution >= 4 is 15.6 Å². The van der Waals surface area contributed by atoms with Crippen LogP contribution in [0.25, 0.3) is 0 Å². The zero-order valence-electron chi connectivity index (χ0n) is 7.12. The third kappa shape index (κ3) is 4.14. The Morgan fingerprint density at radius 3 is 2.09 bits per heavy atom. The number of carbonyl (C=O) groups is 1. The molecule has 0 N–H and O–H groups in total. The van der Waals surface area contributed by atoms with Crippen LogP contribution in [0.15, 0.2) is 0 Å². The molecule has 0 bridgehead atoms. The molecule has 0 saturated heterocycles. The van der Waals surface area contributed by atoms with E-state index in [-0.39, 0.29) is 23.2 Å². The van der Waals surface area contributed by atoms with Crippen LogP contribution in [0.1, 0.15) is 20.8 Å². The second-order valence-corrected chi connectivity index (χ2v) is 5.15. The molecule has 0 aromatic rings. The van der Waals surface area contributed by atoms with Gasteiger partial charge in [-0.1, -0.05) is 20.8 Å². The lowest BCUT2D eigenvalue weighted by molar-refractivity contribution is -0.119. The van der Waals surface area contributed by atoms with Crippen LogP contribution in [0, 0.1) is 5.92 Å². The Bertz CT molecular complexity index is 226. The summed E-state index contributed by atoms with van der Waals surface area (Å²) in [6.45, 7) is 4.95. The molecule has 66 valence electrons. The van der Waals surface area contributed by atoms with Gasteiger partial charge in [-0.3, -0.25) is 4.79 Å². The normalized spacial score (nSPS) is 12.0. The number of hydrogen-bond donors (Lipinski definition) is 0. The molecular weight excluding hydrogens is 164 g/mol. The molecule has 0 atom stereocenters. The lowest BCUT2D eigenvalue weighted by Crippen LogP contribution is -2.21. The summed E-state index contributed by atoms with van der Waals surface area (Å²) in [4.78, 5) is 10.9. The van der Waals surface area contributed by atoms with Gasteiger partial charge in [-0.2, -0.15) is 0 Å². The molecule has 0 aliphatic carbocycles. The summed E-state index contributed by atoms with van der Waals surface area (Å²) in [7, 11) is -3.11. The second-order valence-electron chi connectivity index (χ2n) is 2.80. The van der Waals surface area contributed by atoms with Crippen molar-refractivity contribution in [2.45, 2.75) is 20.8 Å². The Hall–Kier alpha value is -0.380. The van der Waals surface area contributed by atoms with Gasteiger partial charge in [0.1, 0.15) is 11.5 Å². The maximum Gasteiger partial charge on any atom is 0.157 e. The van der Waals surface area contributed by atoms with Crippen molar-refractivity contribution < 1.29 is 13.2 Å². The fourth-order valence-corrected chi connectivity index (χ4v) is 1.46.